The molecule has 0 fully saturated rings. The topological polar surface area (TPSA) is 0 Å². The highest BCUT2D eigenvalue weighted by molar-refractivity contribution is 5.31. The van der Waals surface area contributed by atoms with Crippen molar-refractivity contribution in [3.05, 3.63) is 41.8 Å². The maximum Gasteiger partial charge on any atom is -0.000922 e. The van der Waals surface area contributed by atoms with E-state index in [1.165, 1.54) is 5.56 Å². The minimum absolute atomic E-state index is 0.876. The predicted octanol–water partition coefficient (Wildman–Crippen LogP) is 2.36. The lowest BCUT2D eigenvalue weighted by atomic mass is 10.1. The van der Waals surface area contributed by atoms with E-state index in [9.17, 15) is 0 Å². The second-order valence-electron chi connectivity index (χ2n) is 2.36. The fourth-order valence-electron chi connectivity index (χ4n) is 0.826. The minimum Gasteiger partial charge on any atom is -0.0590 e. The van der Waals surface area contributed by atoms with Crippen LogP contribution < -0.4 is 0 Å². The highest BCUT2D eigenvalue weighted by Gasteiger charge is 1.89. The Kier molecular flexibility index (Phi) is 1.56. The molecule has 0 saturated carbocycles. The molecular formula is C9H10. The Morgan fingerprint density at radius 3 is 2.33 bits per heavy atom. The quantitative estimate of drug-likeness (QED) is 0.490. The Balaban J connectivity index is 3.17. The largest absolute Gasteiger partial charge is 0.0590 e. The van der Waals surface area contributed by atoms with Crippen LogP contribution >= 0.6 is 0 Å². The van der Waals surface area contributed by atoms with Crippen LogP contribution in [-0.4, -0.2) is 0 Å². The van der Waals surface area contributed by atoms with Gasteiger partial charge in [0.2, 0.25) is 0 Å². The Morgan fingerprint density at radius 1 is 1.22 bits per heavy atom. The third-order valence-corrected chi connectivity index (χ3v) is 1.43. The summed E-state index contributed by atoms with van der Waals surface area (Å²) in [5.74, 6) is 0. The zero-order valence-electron chi connectivity index (χ0n) is 5.81. The van der Waals surface area contributed by atoms with Crippen LogP contribution in [-0.2, 0) is 0 Å². The molecule has 0 aliphatic heterocycles. The van der Waals surface area contributed by atoms with Gasteiger partial charge in [-0.25, -0.2) is 0 Å². The Hall–Kier alpha value is -0.780. The molecule has 0 atom stereocenters. The summed E-state index contributed by atoms with van der Waals surface area (Å²) in [6.45, 7) is 9.67. The van der Waals surface area contributed by atoms with E-state index in [1.54, 1.807) is 0 Å². The van der Waals surface area contributed by atoms with E-state index in [4.69, 9.17) is 6.92 Å². The molecule has 1 rings (SSSR count). The molecule has 9 heavy (non-hydrogen) atoms. The summed E-state index contributed by atoms with van der Waals surface area (Å²) in [5.41, 5.74) is 3.30. The van der Waals surface area contributed by atoms with Gasteiger partial charge in [0, 0.05) is 0 Å². The Morgan fingerprint density at radius 2 is 1.89 bits per heavy atom. The van der Waals surface area contributed by atoms with Gasteiger partial charge in [-0.3, -0.25) is 0 Å². The second kappa shape index (κ2) is 2.22. The molecule has 0 spiro atoms. The molecule has 0 aliphatic rings. The number of hydrogen-bond donors (Lipinski definition) is 0. The van der Waals surface area contributed by atoms with Gasteiger partial charge in [-0.1, -0.05) is 23.8 Å². The first-order chi connectivity index (χ1) is 4.20. The van der Waals surface area contributed by atoms with Crippen molar-refractivity contribution >= 4 is 0 Å². The van der Waals surface area contributed by atoms with Crippen LogP contribution in [0.25, 0.3) is 0 Å². The van der Waals surface area contributed by atoms with Gasteiger partial charge in [0.1, 0.15) is 0 Å². The lowest BCUT2D eigenvalue weighted by Gasteiger charge is -1.98. The molecule has 2 radical (unpaired) electrons. The summed E-state index contributed by atoms with van der Waals surface area (Å²) >= 11 is 0. The van der Waals surface area contributed by atoms with Crippen LogP contribution in [0.3, 0.4) is 0 Å². The third-order valence-electron chi connectivity index (χ3n) is 1.43. The van der Waals surface area contributed by atoms with Crippen molar-refractivity contribution in [2.24, 2.45) is 0 Å². The molecule has 0 amide bonds. The van der Waals surface area contributed by atoms with Crippen molar-refractivity contribution in [2.45, 2.75) is 13.8 Å². The molecule has 0 heterocycles. The van der Waals surface area contributed by atoms with Crippen molar-refractivity contribution in [3.63, 3.8) is 0 Å². The number of hydrogen-bond acceptors (Lipinski definition) is 0. The second-order valence-corrected chi connectivity index (χ2v) is 2.36. The summed E-state index contributed by atoms with van der Waals surface area (Å²) in [6.07, 6.45) is 0. The first-order valence-corrected chi connectivity index (χ1v) is 3.03. The predicted molar refractivity (Wildman–Crippen MR) is 39.3 cm³/mol. The highest BCUT2D eigenvalue weighted by Crippen LogP contribution is 2.07. The maximum absolute atomic E-state index is 5.59. The number of aryl methyl sites for hydroxylation is 2. The van der Waals surface area contributed by atoms with E-state index < -0.39 is 0 Å². The number of rotatable bonds is 0. The van der Waals surface area contributed by atoms with Crippen LogP contribution in [0.5, 0.6) is 0 Å². The molecule has 0 heteroatoms. The fourth-order valence-corrected chi connectivity index (χ4v) is 0.826. The summed E-state index contributed by atoms with van der Waals surface area (Å²) < 4.78 is 0. The van der Waals surface area contributed by atoms with Gasteiger partial charge in [-0.15, -0.1) is 0 Å². The molecule has 1 aromatic carbocycles. The maximum atomic E-state index is 5.59. The standard InChI is InChI=1S/C9H10/c1-7-4-5-8(2)9(3)6-7/h2,4-6H,1,3H3. The highest BCUT2D eigenvalue weighted by atomic mass is 13.9. The normalized spacial score (nSPS) is 9.67. The molecule has 0 aliphatic carbocycles. The van der Waals surface area contributed by atoms with Gasteiger partial charge < -0.3 is 0 Å². The first kappa shape index (κ1) is 6.34. The lowest BCUT2D eigenvalue weighted by molar-refractivity contribution is 1.35. The molecule has 0 nitrogen and oxygen atoms in total. The number of benzene rings is 1. The molecule has 46 valence electrons. The van der Waals surface area contributed by atoms with E-state index in [-0.39, 0.29) is 0 Å². The van der Waals surface area contributed by atoms with Crippen LogP contribution in [0, 0.1) is 20.8 Å². The van der Waals surface area contributed by atoms with E-state index in [0.717, 1.165) is 11.1 Å². The molecule has 0 aromatic heterocycles. The van der Waals surface area contributed by atoms with Crippen molar-refractivity contribution in [1.82, 2.24) is 0 Å². The van der Waals surface area contributed by atoms with E-state index in [1.807, 2.05) is 19.1 Å². The smallest absolute Gasteiger partial charge is 0.000922 e. The summed E-state index contributed by atoms with van der Waals surface area (Å²) in [4.78, 5) is 0. The van der Waals surface area contributed by atoms with Gasteiger partial charge in [0.05, 0.1) is 0 Å². The SMILES string of the molecule is [CH]c1ccc(C)cc1C. The van der Waals surface area contributed by atoms with Gasteiger partial charge >= 0.3 is 0 Å². The Labute approximate surface area is 56.5 Å². The molecule has 1 aromatic rings. The molecule has 0 saturated heterocycles. The van der Waals surface area contributed by atoms with Crippen LogP contribution in [0.1, 0.15) is 16.7 Å². The van der Waals surface area contributed by atoms with Gasteiger partial charge in [0.15, 0.2) is 0 Å². The van der Waals surface area contributed by atoms with Crippen LogP contribution in [0.2, 0.25) is 0 Å². The third kappa shape index (κ3) is 1.32. The minimum atomic E-state index is 0.876. The average molecular weight is 118 g/mol. The Bertz CT molecular complexity index is 211. The molecule has 0 unspecified atom stereocenters. The summed E-state index contributed by atoms with van der Waals surface area (Å²) in [7, 11) is 0. The van der Waals surface area contributed by atoms with Gasteiger partial charge in [0.25, 0.3) is 0 Å². The summed E-state index contributed by atoms with van der Waals surface area (Å²) in [6, 6.07) is 6.03. The van der Waals surface area contributed by atoms with E-state index in [2.05, 4.69) is 13.0 Å². The van der Waals surface area contributed by atoms with E-state index >= 15 is 0 Å². The molecule has 0 bridgehead atoms. The van der Waals surface area contributed by atoms with Crippen molar-refractivity contribution < 1.29 is 0 Å². The lowest BCUT2D eigenvalue weighted by Crippen LogP contribution is -1.79. The van der Waals surface area contributed by atoms with E-state index in [0.29, 0.717) is 0 Å². The zero-order chi connectivity index (χ0) is 6.85. The van der Waals surface area contributed by atoms with Crippen molar-refractivity contribution in [3.8, 4) is 0 Å². The fraction of sp³-hybridized carbons (Fsp3) is 0.222. The van der Waals surface area contributed by atoms with Gasteiger partial charge in [-0.2, -0.15) is 0 Å². The van der Waals surface area contributed by atoms with Crippen LogP contribution in [0.4, 0.5) is 0 Å². The summed E-state index contributed by atoms with van der Waals surface area (Å²) in [5, 5.41) is 0. The van der Waals surface area contributed by atoms with Crippen LogP contribution in [0.15, 0.2) is 18.2 Å². The molecular weight excluding hydrogens is 108 g/mol. The zero-order valence-corrected chi connectivity index (χ0v) is 5.81. The first-order valence-electron chi connectivity index (χ1n) is 3.03. The van der Waals surface area contributed by atoms with Crippen molar-refractivity contribution in [1.29, 1.82) is 0 Å². The molecule has 0 N–H and O–H groups in total. The monoisotopic (exact) mass is 118 g/mol. The van der Waals surface area contributed by atoms with Gasteiger partial charge in [-0.05, 0) is 31.9 Å². The average Bonchev–Trinajstić information content (AvgIpc) is 1.80. The van der Waals surface area contributed by atoms with Crippen molar-refractivity contribution in [2.75, 3.05) is 0 Å².